The number of hydrogen-bond donors (Lipinski definition) is 2. The quantitative estimate of drug-likeness (QED) is 0.843. The van der Waals surface area contributed by atoms with Gasteiger partial charge in [0.2, 0.25) is 0 Å². The molecule has 1 heterocycles. The topological polar surface area (TPSA) is 35.5 Å². The minimum Gasteiger partial charge on any atom is -0.394 e. The van der Waals surface area contributed by atoms with Crippen molar-refractivity contribution < 1.29 is 5.11 Å². The van der Waals surface area contributed by atoms with Crippen molar-refractivity contribution in [2.75, 3.05) is 26.2 Å². The van der Waals surface area contributed by atoms with Crippen LogP contribution in [0.3, 0.4) is 0 Å². The molecule has 116 valence electrons. The highest BCUT2D eigenvalue weighted by Crippen LogP contribution is 2.30. The van der Waals surface area contributed by atoms with Gasteiger partial charge in [0.05, 0.1) is 12.1 Å². The lowest BCUT2D eigenvalue weighted by Crippen LogP contribution is -2.55. The first-order valence-electron chi connectivity index (χ1n) is 8.38. The van der Waals surface area contributed by atoms with E-state index in [0.29, 0.717) is 6.04 Å². The largest absolute Gasteiger partial charge is 0.394 e. The molecule has 3 nitrogen and oxygen atoms in total. The second-order valence-electron chi connectivity index (χ2n) is 6.98. The maximum Gasteiger partial charge on any atom is 0.0799 e. The number of nitrogens with one attached hydrogen (secondary N) is 1. The number of likely N-dealkylation sites (tertiary alicyclic amines) is 1. The van der Waals surface area contributed by atoms with Gasteiger partial charge in [0.25, 0.3) is 0 Å². The van der Waals surface area contributed by atoms with Gasteiger partial charge in [-0.25, -0.2) is 0 Å². The van der Waals surface area contributed by atoms with Crippen molar-refractivity contribution in [2.45, 2.75) is 44.2 Å². The Balaban J connectivity index is 1.77. The summed E-state index contributed by atoms with van der Waals surface area (Å²) in [5, 5.41) is 13.9. The number of nitrogens with zero attached hydrogens (tertiary/aromatic N) is 1. The van der Waals surface area contributed by atoms with Gasteiger partial charge >= 0.3 is 0 Å². The fourth-order valence-corrected chi connectivity index (χ4v) is 3.38. The Labute approximate surface area is 128 Å². The van der Waals surface area contributed by atoms with E-state index in [0.717, 1.165) is 25.6 Å². The zero-order valence-corrected chi connectivity index (χ0v) is 13.1. The summed E-state index contributed by atoms with van der Waals surface area (Å²) in [5.41, 5.74) is 0.918. The van der Waals surface area contributed by atoms with E-state index in [1.807, 2.05) is 6.07 Å². The summed E-state index contributed by atoms with van der Waals surface area (Å²) in [6.45, 7) is 5.73. The van der Waals surface area contributed by atoms with Crippen LogP contribution in [0.4, 0.5) is 0 Å². The van der Waals surface area contributed by atoms with E-state index >= 15 is 0 Å². The van der Waals surface area contributed by atoms with Gasteiger partial charge in [-0.15, -0.1) is 0 Å². The standard InChI is InChI=1S/C18H28N2O/c1-15-9-11-20(12-10-15)13-18(14-21,19-17-7-8-17)16-5-3-2-4-6-16/h2-6,15,17,19,21H,7-14H2,1H3. The molecule has 1 aliphatic heterocycles. The third-order valence-electron chi connectivity index (χ3n) is 5.02. The minimum atomic E-state index is -0.303. The average Bonchev–Trinajstić information content (AvgIpc) is 3.33. The molecule has 1 saturated heterocycles. The molecule has 21 heavy (non-hydrogen) atoms. The summed E-state index contributed by atoms with van der Waals surface area (Å²) >= 11 is 0. The first kappa shape index (κ1) is 15.0. The SMILES string of the molecule is CC1CCN(CC(CO)(NC2CC2)c2ccccc2)CC1. The highest BCUT2D eigenvalue weighted by atomic mass is 16.3. The first-order chi connectivity index (χ1) is 10.2. The van der Waals surface area contributed by atoms with Gasteiger partial charge < -0.3 is 15.3 Å². The van der Waals surface area contributed by atoms with E-state index in [1.165, 1.54) is 31.2 Å². The molecular formula is C18H28N2O. The van der Waals surface area contributed by atoms with Gasteiger partial charge in [-0.3, -0.25) is 0 Å². The number of piperidine rings is 1. The number of benzene rings is 1. The third-order valence-corrected chi connectivity index (χ3v) is 5.02. The van der Waals surface area contributed by atoms with Gasteiger partial charge in [0.1, 0.15) is 0 Å². The molecule has 2 N–H and O–H groups in total. The van der Waals surface area contributed by atoms with Crippen molar-refractivity contribution >= 4 is 0 Å². The van der Waals surface area contributed by atoms with E-state index < -0.39 is 0 Å². The zero-order chi connectivity index (χ0) is 14.7. The second kappa shape index (κ2) is 6.47. The molecule has 3 rings (SSSR count). The smallest absolute Gasteiger partial charge is 0.0799 e. The van der Waals surface area contributed by atoms with Gasteiger partial charge in [0, 0.05) is 12.6 Å². The predicted molar refractivity (Wildman–Crippen MR) is 86.2 cm³/mol. The van der Waals surface area contributed by atoms with Crippen LogP contribution in [0.15, 0.2) is 30.3 Å². The highest BCUT2D eigenvalue weighted by Gasteiger charge is 2.39. The predicted octanol–water partition coefficient (Wildman–Crippen LogP) is 2.36. The summed E-state index contributed by atoms with van der Waals surface area (Å²) in [6, 6.07) is 11.1. The van der Waals surface area contributed by atoms with Crippen LogP contribution in [0.25, 0.3) is 0 Å². The molecule has 2 aliphatic rings. The van der Waals surface area contributed by atoms with E-state index in [4.69, 9.17) is 0 Å². The Bertz CT molecular complexity index is 438. The van der Waals surface area contributed by atoms with Crippen molar-refractivity contribution in [3.8, 4) is 0 Å². The van der Waals surface area contributed by atoms with Gasteiger partial charge in [0.15, 0.2) is 0 Å². The Morgan fingerprint density at radius 3 is 2.38 bits per heavy atom. The lowest BCUT2D eigenvalue weighted by Gasteiger charge is -2.41. The van der Waals surface area contributed by atoms with E-state index in [2.05, 4.69) is 41.4 Å². The highest BCUT2D eigenvalue weighted by molar-refractivity contribution is 5.26. The first-order valence-corrected chi connectivity index (χ1v) is 8.38. The number of aliphatic hydroxyl groups excluding tert-OH is 1. The van der Waals surface area contributed by atoms with Crippen LogP contribution in [-0.4, -0.2) is 42.3 Å². The molecule has 2 fully saturated rings. The van der Waals surface area contributed by atoms with Crippen LogP contribution in [0.1, 0.15) is 38.2 Å². The summed E-state index contributed by atoms with van der Waals surface area (Å²) in [7, 11) is 0. The van der Waals surface area contributed by atoms with Crippen molar-refractivity contribution in [3.05, 3.63) is 35.9 Å². The summed E-state index contributed by atoms with van der Waals surface area (Å²) in [4.78, 5) is 2.53. The molecule has 0 amide bonds. The Morgan fingerprint density at radius 1 is 1.14 bits per heavy atom. The van der Waals surface area contributed by atoms with Crippen LogP contribution in [-0.2, 0) is 5.54 Å². The molecule has 1 unspecified atom stereocenters. The van der Waals surface area contributed by atoms with Crippen molar-refractivity contribution in [3.63, 3.8) is 0 Å². The average molecular weight is 288 g/mol. The van der Waals surface area contributed by atoms with E-state index in [1.54, 1.807) is 0 Å². The normalized spacial score (nSPS) is 23.9. The molecule has 0 bridgehead atoms. The van der Waals surface area contributed by atoms with Crippen molar-refractivity contribution in [2.24, 2.45) is 5.92 Å². The minimum absolute atomic E-state index is 0.166. The number of aliphatic hydroxyl groups is 1. The van der Waals surface area contributed by atoms with E-state index in [9.17, 15) is 5.11 Å². The summed E-state index contributed by atoms with van der Waals surface area (Å²) < 4.78 is 0. The van der Waals surface area contributed by atoms with Gasteiger partial charge in [-0.05, 0) is 50.3 Å². The number of rotatable bonds is 6. The lowest BCUT2D eigenvalue weighted by molar-refractivity contribution is 0.0855. The molecule has 1 aromatic rings. The molecular weight excluding hydrogens is 260 g/mol. The molecule has 1 atom stereocenters. The fourth-order valence-electron chi connectivity index (χ4n) is 3.38. The zero-order valence-electron chi connectivity index (χ0n) is 13.1. The Kier molecular flexibility index (Phi) is 4.63. The fraction of sp³-hybridized carbons (Fsp3) is 0.667. The molecule has 1 aliphatic carbocycles. The number of hydrogen-bond acceptors (Lipinski definition) is 3. The summed E-state index contributed by atoms with van der Waals surface area (Å²) in [5.74, 6) is 0.845. The van der Waals surface area contributed by atoms with Crippen LogP contribution >= 0.6 is 0 Å². The maximum absolute atomic E-state index is 10.2. The molecule has 1 aromatic carbocycles. The van der Waals surface area contributed by atoms with Gasteiger partial charge in [-0.1, -0.05) is 37.3 Å². The van der Waals surface area contributed by atoms with E-state index in [-0.39, 0.29) is 12.1 Å². The van der Waals surface area contributed by atoms with Crippen LogP contribution in [0, 0.1) is 5.92 Å². The van der Waals surface area contributed by atoms with Crippen LogP contribution < -0.4 is 5.32 Å². The molecule has 3 heteroatoms. The van der Waals surface area contributed by atoms with Crippen LogP contribution in [0.5, 0.6) is 0 Å². The summed E-state index contributed by atoms with van der Waals surface area (Å²) in [6.07, 6.45) is 5.04. The maximum atomic E-state index is 10.2. The third kappa shape index (κ3) is 3.65. The molecule has 0 radical (unpaired) electrons. The van der Waals surface area contributed by atoms with Crippen LogP contribution in [0.2, 0.25) is 0 Å². The lowest BCUT2D eigenvalue weighted by atomic mass is 9.88. The monoisotopic (exact) mass is 288 g/mol. The molecule has 1 saturated carbocycles. The molecule has 0 spiro atoms. The second-order valence-corrected chi connectivity index (χ2v) is 6.98. The van der Waals surface area contributed by atoms with Gasteiger partial charge in [-0.2, -0.15) is 0 Å². The Hall–Kier alpha value is -0.900. The Morgan fingerprint density at radius 2 is 1.81 bits per heavy atom. The van der Waals surface area contributed by atoms with Crippen molar-refractivity contribution in [1.29, 1.82) is 0 Å². The molecule has 0 aromatic heterocycles. The van der Waals surface area contributed by atoms with Crippen molar-refractivity contribution in [1.82, 2.24) is 10.2 Å².